The lowest BCUT2D eigenvalue weighted by Crippen LogP contribution is -2.75. The van der Waals surface area contributed by atoms with Gasteiger partial charge in [-0.25, -0.2) is 9.59 Å². The van der Waals surface area contributed by atoms with E-state index in [0.717, 1.165) is 0 Å². The van der Waals surface area contributed by atoms with Crippen molar-refractivity contribution in [3.05, 3.63) is 177 Å². The van der Waals surface area contributed by atoms with Gasteiger partial charge in [0.1, 0.15) is 12.3 Å². The monoisotopic (exact) mass is 1160 g/mol. The first-order valence-corrected chi connectivity index (χ1v) is 21.0. The summed E-state index contributed by atoms with van der Waals surface area (Å²) in [6.45, 7) is -0.829. The molecule has 6 rings (SSSR count). The minimum absolute atomic E-state index is 0.00744. The van der Waals surface area contributed by atoms with Crippen LogP contribution < -0.4 is 26.4 Å². The number of nitrogens with zero attached hydrogens (tertiary/aromatic N) is 2. The zero-order valence-electron chi connectivity index (χ0n) is 38.1. The molecule has 6 aromatic rings. The Morgan fingerprint density at radius 3 is 0.975 bits per heavy atom. The summed E-state index contributed by atoms with van der Waals surface area (Å²) in [6.07, 6.45) is -50.7. The van der Waals surface area contributed by atoms with Gasteiger partial charge in [0.2, 0.25) is 12.3 Å². The van der Waals surface area contributed by atoms with Crippen LogP contribution in [0.1, 0.15) is 65.4 Å². The highest BCUT2D eigenvalue weighted by molar-refractivity contribution is 7.20. The van der Waals surface area contributed by atoms with Gasteiger partial charge in [-0.1, -0.05) is 78.9 Å². The second kappa shape index (κ2) is 21.8. The van der Waals surface area contributed by atoms with Crippen molar-refractivity contribution in [1.29, 1.82) is 0 Å². The number of halogens is 24. The number of carboxylic acids is 1. The Morgan fingerprint density at radius 1 is 0.443 bits per heavy atom. The van der Waals surface area contributed by atoms with E-state index in [2.05, 4.69) is 9.72 Å². The normalized spacial score (nSPS) is 13.1. The van der Waals surface area contributed by atoms with E-state index >= 15 is 0 Å². The third-order valence-corrected chi connectivity index (χ3v) is 11.2. The Labute approximate surface area is 424 Å². The zero-order valence-corrected chi connectivity index (χ0v) is 38.1. The summed E-state index contributed by atoms with van der Waals surface area (Å²) in [7, 11) is 0. The van der Waals surface area contributed by atoms with Crippen molar-refractivity contribution in [2.75, 3.05) is 6.61 Å². The molecule has 0 aliphatic heterocycles. The van der Waals surface area contributed by atoms with Crippen LogP contribution in [-0.4, -0.2) is 40.6 Å². The van der Waals surface area contributed by atoms with Gasteiger partial charge < -0.3 is 9.84 Å². The molecule has 0 spiro atoms. The van der Waals surface area contributed by atoms with Gasteiger partial charge in [0, 0.05) is 5.56 Å². The van der Waals surface area contributed by atoms with E-state index in [1.54, 1.807) is 30.3 Å². The van der Waals surface area contributed by atoms with Crippen molar-refractivity contribution in [1.82, 2.24) is 4.98 Å². The molecule has 0 atom stereocenters. The molecule has 7 nitrogen and oxygen atoms in total. The quantitative estimate of drug-likeness (QED) is 0.0483. The maximum absolute atomic E-state index is 14.2. The molecule has 0 bridgehead atoms. The lowest BCUT2D eigenvalue weighted by Gasteiger charge is -2.46. The van der Waals surface area contributed by atoms with Gasteiger partial charge in [-0.2, -0.15) is 132 Å². The van der Waals surface area contributed by atoms with E-state index in [4.69, 9.17) is 5.11 Å². The number of benzene rings is 5. The molecule has 0 fully saturated rings. The van der Waals surface area contributed by atoms with E-state index in [9.17, 15) is 120 Å². The molecule has 1 aromatic heterocycles. The molecule has 0 saturated carbocycles. The highest BCUT2D eigenvalue weighted by Crippen LogP contribution is 2.41. The molecule has 424 valence electrons. The summed E-state index contributed by atoms with van der Waals surface area (Å²) < 4.78 is 347. The average molecular weight is 1160 g/mol. The molecule has 5 aromatic carbocycles. The van der Waals surface area contributed by atoms with Gasteiger partial charge >= 0.3 is 67.0 Å². The molecule has 0 unspecified atom stereocenters. The van der Waals surface area contributed by atoms with E-state index < -0.39 is 213 Å². The second-order valence-corrected chi connectivity index (χ2v) is 16.6. The molecule has 1 heterocycles. The Morgan fingerprint density at radius 2 is 0.722 bits per heavy atom. The topological polar surface area (TPSA) is 97.4 Å². The van der Waals surface area contributed by atoms with Crippen molar-refractivity contribution in [3.8, 4) is 0 Å². The lowest BCUT2D eigenvalue weighted by atomic mass is 9.12. The van der Waals surface area contributed by atoms with Crippen LogP contribution in [-0.2, 0) is 65.5 Å². The Hall–Kier alpha value is -7.83. The summed E-state index contributed by atoms with van der Waals surface area (Å²) in [5, 5.41) is 8.52. The number of hydrogen-bond donors (Lipinski definition) is 1. The molecule has 0 aliphatic rings. The van der Waals surface area contributed by atoms with Gasteiger partial charge in [-0.05, 0) is 24.3 Å². The maximum Gasteiger partial charge on any atom is 0.416 e. The summed E-state index contributed by atoms with van der Waals surface area (Å²) >= 11 is 0. The van der Waals surface area contributed by atoms with E-state index in [0.29, 0.717) is 5.56 Å². The van der Waals surface area contributed by atoms with Crippen LogP contribution in [0.25, 0.3) is 0 Å². The zero-order chi connectivity index (χ0) is 59.9. The first kappa shape index (κ1) is 62.0. The fraction of sp³-hybridized carbons (Fsp3) is 0.213. The van der Waals surface area contributed by atoms with Crippen molar-refractivity contribution in [2.45, 2.75) is 56.0 Å². The van der Waals surface area contributed by atoms with E-state index in [1.807, 2.05) is 0 Å². The molecule has 0 saturated heterocycles. The number of rotatable bonds is 10. The first-order chi connectivity index (χ1) is 35.8. The number of Topliss-reactive ketones (excluding diaryl/α,β-unsaturated/α-hetero) is 1. The smallest absolute Gasteiger partial charge is 0.416 e. The van der Waals surface area contributed by atoms with Crippen LogP contribution in [0.2, 0.25) is 0 Å². The fourth-order valence-corrected chi connectivity index (χ4v) is 7.84. The molecular weight excluding hydrogens is 1140 g/mol. The van der Waals surface area contributed by atoms with Gasteiger partial charge in [0.25, 0.3) is 0 Å². The lowest BCUT2D eigenvalue weighted by molar-refractivity contribution is -0.686. The van der Waals surface area contributed by atoms with E-state index in [-0.39, 0.29) is 18.0 Å². The van der Waals surface area contributed by atoms with Gasteiger partial charge in [0.15, 0.2) is 12.8 Å². The van der Waals surface area contributed by atoms with Crippen LogP contribution in [0, 0.1) is 0 Å². The van der Waals surface area contributed by atoms with Crippen LogP contribution in [0.15, 0.2) is 122 Å². The maximum atomic E-state index is 14.2. The largest absolute Gasteiger partial charge is 0.479 e. The number of carbonyl (C=O) groups is 3. The highest BCUT2D eigenvalue weighted by Gasteiger charge is 2.47. The number of aromatic nitrogens is 2. The molecule has 0 aliphatic carbocycles. The van der Waals surface area contributed by atoms with Gasteiger partial charge in [0.05, 0.1) is 50.7 Å². The minimum atomic E-state index is -6.13. The van der Waals surface area contributed by atoms with Crippen molar-refractivity contribution in [2.24, 2.45) is 0 Å². The molecule has 0 amide bonds. The van der Waals surface area contributed by atoms with Gasteiger partial charge in [-0.3, -0.25) is 9.78 Å². The van der Waals surface area contributed by atoms with Crippen LogP contribution in [0.5, 0.6) is 0 Å². The summed E-state index contributed by atoms with van der Waals surface area (Å²) in [5.41, 5.74) is -29.7. The van der Waals surface area contributed by atoms with E-state index in [1.165, 1.54) is 23.2 Å². The van der Waals surface area contributed by atoms with Crippen molar-refractivity contribution >= 4 is 45.7 Å². The standard InChI is InChI=1S/C32H12BF24.C15H12N2O5/c34-25(35,36)13-1-14(26(37,38)39)6-21(5-13)33(22-7-15(27(40,41)42)2-16(8-22)28(43,44)45,23-9-17(29(46,47)48)3-18(10-23)30(49,50)51)24-11-19(31(52,53)54)4-20(12-24)32(55,56)57;18-13(11-4-2-1-3-5-11)9-17-7-6-16-8-12(17)15(21)22-10-14(19)20/h1-12H;1-8H,9-10H2/q-1;/p+1. The second-order valence-electron chi connectivity index (χ2n) is 16.6. The molecular formula is C47H25BF24N2O5. The van der Waals surface area contributed by atoms with Crippen LogP contribution >= 0.6 is 0 Å². The van der Waals surface area contributed by atoms with Gasteiger partial charge in [-0.15, -0.1) is 0 Å². The fourth-order valence-electron chi connectivity index (χ4n) is 7.84. The molecule has 0 radical (unpaired) electrons. The summed E-state index contributed by atoms with van der Waals surface area (Å²) in [4.78, 5) is 38.2. The molecule has 79 heavy (non-hydrogen) atoms. The number of carboxylic acid groups (broad SMARTS) is 1. The Bertz CT molecular complexity index is 2790. The predicted molar refractivity (Wildman–Crippen MR) is 223 cm³/mol. The third kappa shape index (κ3) is 14.9. The summed E-state index contributed by atoms with van der Waals surface area (Å²) in [6, 6.07) is -0.182. The number of ketones is 1. The number of alkyl halides is 24. The number of hydrogen-bond acceptors (Lipinski definition) is 5. The number of esters is 1. The van der Waals surface area contributed by atoms with Crippen molar-refractivity contribution < 1.29 is 134 Å². The number of carbonyl (C=O) groups excluding carboxylic acids is 2. The SMILES string of the molecule is FC(F)(F)c1cc([B-](c2cc(C(F)(F)F)cc(C(F)(F)F)c2)(c2cc(C(F)(F)F)cc(C(F)(F)F)c2)c2cc(C(F)(F)F)cc(C(F)(F)F)c2)cc(C(F)(F)F)c1.O=C(O)COC(=O)c1cncc[n+]1CC(=O)c1ccccc1. The number of ether oxygens (including phenoxy) is 1. The van der Waals surface area contributed by atoms with Crippen LogP contribution in [0.4, 0.5) is 105 Å². The van der Waals surface area contributed by atoms with Crippen molar-refractivity contribution in [3.63, 3.8) is 0 Å². The summed E-state index contributed by atoms with van der Waals surface area (Å²) in [5.74, 6) is -2.30. The average Bonchev–Trinajstić information content (AvgIpc) is 3.31. The predicted octanol–water partition coefficient (Wildman–Crippen LogP) is 11.7. The highest BCUT2D eigenvalue weighted by atomic mass is 19.4. The Balaban J connectivity index is 0.000000433. The number of aliphatic carboxylic acids is 1. The Kier molecular flexibility index (Phi) is 17.1. The van der Waals surface area contributed by atoms with Crippen LogP contribution in [0.3, 0.4) is 0 Å². The molecule has 32 heteroatoms. The third-order valence-electron chi connectivity index (χ3n) is 11.2. The molecule has 1 N–H and O–H groups in total. The minimum Gasteiger partial charge on any atom is -0.479 e. The first-order valence-electron chi connectivity index (χ1n) is 21.0.